The van der Waals surface area contributed by atoms with Gasteiger partial charge in [-0.25, -0.2) is 0 Å². The van der Waals surface area contributed by atoms with Crippen molar-refractivity contribution in [1.29, 1.82) is 0 Å². The first-order chi connectivity index (χ1) is 16.7. The zero-order chi connectivity index (χ0) is 22.8. The van der Waals surface area contributed by atoms with Gasteiger partial charge in [-0.2, -0.15) is 0 Å². The summed E-state index contributed by atoms with van der Waals surface area (Å²) in [5.41, 5.74) is 19.8. The van der Waals surface area contributed by atoms with E-state index in [1.54, 1.807) is 0 Å². The highest BCUT2D eigenvalue weighted by molar-refractivity contribution is 5.86. The average Bonchev–Trinajstić information content (AvgIpc) is 3.63. The molecule has 162 valence electrons. The molecule has 0 aliphatic heterocycles. The van der Waals surface area contributed by atoms with Crippen LogP contribution in [0.15, 0.2) is 81.0 Å². The largest absolute Gasteiger partial charge is 0.101 e. The third kappa shape index (κ3) is 2.82. The predicted octanol–water partition coefficient (Wildman–Crippen LogP) is 7.48. The van der Waals surface area contributed by atoms with Crippen molar-refractivity contribution in [2.75, 3.05) is 0 Å². The van der Waals surface area contributed by atoms with Gasteiger partial charge < -0.3 is 0 Å². The molecule has 6 aliphatic rings. The van der Waals surface area contributed by atoms with Crippen LogP contribution >= 0.6 is 0 Å². The Bertz CT molecular complexity index is 1470. The van der Waals surface area contributed by atoms with Crippen LogP contribution in [0.5, 0.6) is 0 Å². The highest BCUT2D eigenvalue weighted by atomic mass is 14.3. The number of hydrogen-bond donors (Lipinski definition) is 0. The Morgan fingerprint density at radius 1 is 0.529 bits per heavy atom. The van der Waals surface area contributed by atoms with E-state index < -0.39 is 0 Å². The summed E-state index contributed by atoms with van der Waals surface area (Å²) in [4.78, 5) is 0. The Morgan fingerprint density at radius 2 is 0.971 bits per heavy atom. The molecule has 0 unspecified atom stereocenters. The average molecular weight is 435 g/mol. The quantitative estimate of drug-likeness (QED) is 0.423. The lowest BCUT2D eigenvalue weighted by Crippen LogP contribution is -2.02. The summed E-state index contributed by atoms with van der Waals surface area (Å²) < 4.78 is 0. The molecule has 34 heavy (non-hydrogen) atoms. The van der Waals surface area contributed by atoms with Gasteiger partial charge in [-0.1, -0.05) is 48.3 Å². The summed E-state index contributed by atoms with van der Waals surface area (Å²) in [6.07, 6.45) is 25.2. The summed E-state index contributed by atoms with van der Waals surface area (Å²) in [5.74, 6) is 13.5. The van der Waals surface area contributed by atoms with Gasteiger partial charge in [0.05, 0.1) is 0 Å². The molecular formula is C34H26. The highest BCUT2D eigenvalue weighted by Crippen LogP contribution is 2.47. The minimum Gasteiger partial charge on any atom is -0.101 e. The van der Waals surface area contributed by atoms with Crippen LogP contribution in [0.1, 0.15) is 72.9 Å². The molecule has 0 fully saturated rings. The Hall–Kier alpha value is -3.74. The van der Waals surface area contributed by atoms with E-state index in [1.807, 2.05) is 13.8 Å². The molecule has 0 saturated carbocycles. The summed E-state index contributed by atoms with van der Waals surface area (Å²) in [6, 6.07) is 0. The molecule has 0 radical (unpaired) electrons. The SMILES string of the molecule is CC#Cc1c2c(c(C#CC)c3c1CC(C1=CC4=C(C=CC4)C1)=C3)CC(C1=CC3=C(C=CC3)C1)=C2. The number of allylic oxidation sites excluding steroid dienone is 14. The zero-order valence-corrected chi connectivity index (χ0v) is 19.9. The third-order valence-electron chi connectivity index (χ3n) is 8.09. The lowest BCUT2D eigenvalue weighted by molar-refractivity contribution is 1.11. The Kier molecular flexibility index (Phi) is 4.28. The molecule has 1 aromatic rings. The summed E-state index contributed by atoms with van der Waals surface area (Å²) in [5, 5.41) is 0. The van der Waals surface area contributed by atoms with Crippen LogP contribution in [0.3, 0.4) is 0 Å². The van der Waals surface area contributed by atoms with Crippen LogP contribution in [0.2, 0.25) is 0 Å². The Labute approximate surface area is 202 Å². The molecule has 0 atom stereocenters. The number of rotatable bonds is 2. The maximum absolute atomic E-state index is 3.52. The van der Waals surface area contributed by atoms with Crippen molar-refractivity contribution in [2.45, 2.75) is 52.4 Å². The minimum atomic E-state index is 0.966. The minimum absolute atomic E-state index is 0.966. The van der Waals surface area contributed by atoms with Gasteiger partial charge in [0.2, 0.25) is 0 Å². The molecule has 0 spiro atoms. The molecule has 0 bridgehead atoms. The van der Waals surface area contributed by atoms with E-state index in [0.717, 1.165) is 38.5 Å². The number of benzene rings is 1. The van der Waals surface area contributed by atoms with E-state index in [2.05, 4.69) is 72.3 Å². The zero-order valence-electron chi connectivity index (χ0n) is 19.9. The molecule has 0 N–H and O–H groups in total. The number of hydrogen-bond acceptors (Lipinski definition) is 0. The van der Waals surface area contributed by atoms with Crippen molar-refractivity contribution >= 4 is 12.2 Å². The molecule has 0 nitrogen and oxygen atoms in total. The van der Waals surface area contributed by atoms with Gasteiger partial charge in [0, 0.05) is 11.1 Å². The maximum Gasteiger partial charge on any atom is 0.0362 e. The Balaban J connectivity index is 1.31. The smallest absolute Gasteiger partial charge is 0.0362 e. The molecule has 6 aliphatic carbocycles. The molecular weight excluding hydrogens is 408 g/mol. The van der Waals surface area contributed by atoms with Crippen LogP contribution in [0, 0.1) is 23.7 Å². The normalized spacial score (nSPS) is 20.3. The van der Waals surface area contributed by atoms with Crippen LogP contribution in [-0.4, -0.2) is 0 Å². The molecule has 7 rings (SSSR count). The predicted molar refractivity (Wildman–Crippen MR) is 142 cm³/mol. The molecule has 0 amide bonds. The van der Waals surface area contributed by atoms with Crippen molar-refractivity contribution in [3.63, 3.8) is 0 Å². The van der Waals surface area contributed by atoms with Gasteiger partial charge in [-0.15, -0.1) is 11.8 Å². The number of fused-ring (bicyclic) bond motifs is 2. The van der Waals surface area contributed by atoms with E-state index >= 15 is 0 Å². The second-order valence-electron chi connectivity index (χ2n) is 9.98. The van der Waals surface area contributed by atoms with Gasteiger partial charge >= 0.3 is 0 Å². The van der Waals surface area contributed by atoms with Gasteiger partial charge in [0.1, 0.15) is 0 Å². The van der Waals surface area contributed by atoms with Gasteiger partial charge in [0.15, 0.2) is 0 Å². The highest BCUT2D eigenvalue weighted by Gasteiger charge is 2.31. The van der Waals surface area contributed by atoms with E-state index in [0.29, 0.717) is 0 Å². The third-order valence-corrected chi connectivity index (χ3v) is 8.09. The van der Waals surface area contributed by atoms with Crippen LogP contribution in [-0.2, 0) is 12.8 Å². The standard InChI is InChI=1S/C34H26/c1-3-7-29-31-17-27(25-13-21-9-5-10-22(21)14-25)19-33(31)30(8-4-2)34-20-28(18-32(29)34)26-15-23-11-6-12-24(23)16-26/h5-6,9,11,14,16-17,20H,10,12-13,15,18-19H2,1-2H3. The second-order valence-corrected chi connectivity index (χ2v) is 9.98. The molecule has 0 saturated heterocycles. The first-order valence-electron chi connectivity index (χ1n) is 12.4. The maximum atomic E-state index is 3.52. The second kappa shape index (κ2) is 7.38. The van der Waals surface area contributed by atoms with Gasteiger partial charge in [0.25, 0.3) is 0 Å². The fraction of sp³-hybridized carbons (Fsp3) is 0.235. The van der Waals surface area contributed by atoms with Crippen molar-refractivity contribution < 1.29 is 0 Å². The van der Waals surface area contributed by atoms with Gasteiger partial charge in [-0.3, -0.25) is 0 Å². The lowest BCUT2D eigenvalue weighted by atomic mass is 9.88. The van der Waals surface area contributed by atoms with E-state index in [1.165, 1.54) is 78.0 Å². The van der Waals surface area contributed by atoms with E-state index in [-0.39, 0.29) is 0 Å². The van der Waals surface area contributed by atoms with Crippen LogP contribution in [0.4, 0.5) is 0 Å². The van der Waals surface area contributed by atoms with Crippen LogP contribution < -0.4 is 0 Å². The lowest BCUT2D eigenvalue weighted by Gasteiger charge is -2.14. The summed E-state index contributed by atoms with van der Waals surface area (Å²) >= 11 is 0. The van der Waals surface area contributed by atoms with E-state index in [4.69, 9.17) is 0 Å². The topological polar surface area (TPSA) is 0 Å². The summed E-state index contributed by atoms with van der Waals surface area (Å²) in [7, 11) is 0. The van der Waals surface area contributed by atoms with Crippen molar-refractivity contribution in [2.24, 2.45) is 0 Å². The fourth-order valence-corrected chi connectivity index (χ4v) is 6.49. The van der Waals surface area contributed by atoms with Crippen molar-refractivity contribution in [3.8, 4) is 23.7 Å². The molecule has 0 heterocycles. The van der Waals surface area contributed by atoms with E-state index in [9.17, 15) is 0 Å². The van der Waals surface area contributed by atoms with Crippen molar-refractivity contribution in [1.82, 2.24) is 0 Å². The van der Waals surface area contributed by atoms with Crippen molar-refractivity contribution in [3.05, 3.63) is 114 Å². The van der Waals surface area contributed by atoms with Gasteiger partial charge in [-0.05, 0) is 131 Å². The first-order valence-corrected chi connectivity index (χ1v) is 12.4. The fourth-order valence-electron chi connectivity index (χ4n) is 6.49. The monoisotopic (exact) mass is 434 g/mol. The molecule has 0 heteroatoms. The Morgan fingerprint density at radius 3 is 1.38 bits per heavy atom. The van der Waals surface area contributed by atoms with Crippen LogP contribution in [0.25, 0.3) is 12.2 Å². The summed E-state index contributed by atoms with van der Waals surface area (Å²) in [6.45, 7) is 3.92. The molecule has 0 aromatic heterocycles. The first kappa shape index (κ1) is 19.7. The molecule has 1 aromatic carbocycles.